The van der Waals surface area contributed by atoms with Crippen LogP contribution in [0.15, 0.2) is 54.6 Å². The van der Waals surface area contributed by atoms with E-state index >= 15 is 0 Å². The topological polar surface area (TPSA) is 84.5 Å². The van der Waals surface area contributed by atoms with Crippen LogP contribution in [0.25, 0.3) is 11.1 Å². The highest BCUT2D eigenvalue weighted by Crippen LogP contribution is 2.20. The van der Waals surface area contributed by atoms with Crippen molar-refractivity contribution < 1.29 is 19.1 Å². The summed E-state index contributed by atoms with van der Waals surface area (Å²) >= 11 is 0. The molecular formula is C23H26N2O4. The summed E-state index contributed by atoms with van der Waals surface area (Å²) in [4.78, 5) is 36.4. The van der Waals surface area contributed by atoms with E-state index in [1.807, 2.05) is 42.5 Å². The lowest BCUT2D eigenvalue weighted by Crippen LogP contribution is -2.48. The van der Waals surface area contributed by atoms with Crippen molar-refractivity contribution in [1.82, 2.24) is 10.6 Å². The van der Waals surface area contributed by atoms with Gasteiger partial charge in [-0.2, -0.15) is 0 Å². The summed E-state index contributed by atoms with van der Waals surface area (Å²) in [5.74, 6) is -1.26. The predicted molar refractivity (Wildman–Crippen MR) is 110 cm³/mol. The Hall–Kier alpha value is -3.15. The molecule has 1 fully saturated rings. The van der Waals surface area contributed by atoms with E-state index in [2.05, 4.69) is 10.6 Å². The fourth-order valence-electron chi connectivity index (χ4n) is 3.39. The first-order chi connectivity index (χ1) is 14.0. The summed E-state index contributed by atoms with van der Waals surface area (Å²) in [6.45, 7) is 1.44. The van der Waals surface area contributed by atoms with Gasteiger partial charge in [-0.3, -0.25) is 10.1 Å². The average Bonchev–Trinajstić information content (AvgIpc) is 2.75. The summed E-state index contributed by atoms with van der Waals surface area (Å²) in [6.07, 6.45) is 4.11. The maximum atomic E-state index is 12.3. The molecule has 0 aliphatic heterocycles. The van der Waals surface area contributed by atoms with Gasteiger partial charge in [0.05, 0.1) is 5.56 Å². The normalized spacial score (nSPS) is 15.2. The largest absolute Gasteiger partial charge is 0.449 e. The zero-order chi connectivity index (χ0) is 20.6. The number of ether oxygens (including phenoxy) is 1. The summed E-state index contributed by atoms with van der Waals surface area (Å²) in [5.41, 5.74) is 2.37. The molecule has 29 heavy (non-hydrogen) atoms. The minimum atomic E-state index is -1.08. The number of carbonyl (C=O) groups is 3. The fraction of sp³-hybridized carbons (Fsp3) is 0.348. The summed E-state index contributed by atoms with van der Waals surface area (Å²) < 4.78 is 5.20. The van der Waals surface area contributed by atoms with E-state index in [4.69, 9.17) is 4.74 Å². The van der Waals surface area contributed by atoms with Gasteiger partial charge in [0.15, 0.2) is 6.10 Å². The Kier molecular flexibility index (Phi) is 7.00. The summed E-state index contributed by atoms with van der Waals surface area (Å²) in [7, 11) is 0. The Morgan fingerprint density at radius 3 is 2.17 bits per heavy atom. The molecule has 152 valence electrons. The molecule has 1 atom stereocenters. The standard InChI is InChI=1S/C23H26N2O4/c1-16(21(26)25-23(28)24-20-10-6-3-7-11-20)29-22(27)19-14-12-18(13-15-19)17-8-4-2-5-9-17/h2,4-5,8-9,12-16,20H,3,6-7,10-11H2,1H3,(H2,24,25,26,28)/t16-/m1/s1. The number of imide groups is 1. The van der Waals surface area contributed by atoms with Gasteiger partial charge in [-0.05, 0) is 43.0 Å². The predicted octanol–water partition coefficient (Wildman–Crippen LogP) is 4.06. The SMILES string of the molecule is C[C@@H](OC(=O)c1ccc(-c2ccccc2)cc1)C(=O)NC(=O)NC1CCCCC1. The number of nitrogens with one attached hydrogen (secondary N) is 2. The molecule has 0 heterocycles. The Labute approximate surface area is 170 Å². The van der Waals surface area contributed by atoms with Gasteiger partial charge in [0.25, 0.3) is 5.91 Å². The molecule has 1 aliphatic carbocycles. The van der Waals surface area contributed by atoms with Gasteiger partial charge in [-0.25, -0.2) is 9.59 Å². The smallest absolute Gasteiger partial charge is 0.338 e. The third-order valence-corrected chi connectivity index (χ3v) is 5.06. The molecule has 1 aliphatic rings. The van der Waals surface area contributed by atoms with Crippen LogP contribution < -0.4 is 10.6 Å². The highest BCUT2D eigenvalue weighted by molar-refractivity contribution is 5.98. The lowest BCUT2D eigenvalue weighted by Gasteiger charge is -2.23. The van der Waals surface area contributed by atoms with Crippen LogP contribution in [0.1, 0.15) is 49.4 Å². The molecule has 2 N–H and O–H groups in total. The van der Waals surface area contributed by atoms with Crippen LogP contribution in [0.4, 0.5) is 4.79 Å². The van der Waals surface area contributed by atoms with Gasteiger partial charge >= 0.3 is 12.0 Å². The maximum Gasteiger partial charge on any atom is 0.338 e. The Bertz CT molecular complexity index is 843. The molecule has 2 aromatic carbocycles. The molecule has 2 aromatic rings. The summed E-state index contributed by atoms with van der Waals surface area (Å²) in [5, 5.41) is 5.05. The first kappa shape index (κ1) is 20.6. The quantitative estimate of drug-likeness (QED) is 0.749. The molecule has 3 amide bonds. The van der Waals surface area contributed by atoms with E-state index in [1.54, 1.807) is 12.1 Å². The number of hydrogen-bond acceptors (Lipinski definition) is 4. The second kappa shape index (κ2) is 9.87. The van der Waals surface area contributed by atoms with Crippen LogP contribution in [0.5, 0.6) is 0 Å². The van der Waals surface area contributed by atoms with Gasteiger partial charge < -0.3 is 10.1 Å². The van der Waals surface area contributed by atoms with Gasteiger partial charge in [-0.15, -0.1) is 0 Å². The molecule has 0 aromatic heterocycles. The highest BCUT2D eigenvalue weighted by Gasteiger charge is 2.22. The third kappa shape index (κ3) is 5.91. The molecular weight excluding hydrogens is 368 g/mol. The Balaban J connectivity index is 1.50. The second-order valence-corrected chi connectivity index (χ2v) is 7.29. The number of benzene rings is 2. The molecule has 6 nitrogen and oxygen atoms in total. The van der Waals surface area contributed by atoms with E-state index in [0.717, 1.165) is 36.8 Å². The van der Waals surface area contributed by atoms with Crippen LogP contribution in [0, 0.1) is 0 Å². The third-order valence-electron chi connectivity index (χ3n) is 5.06. The van der Waals surface area contributed by atoms with Crippen molar-refractivity contribution in [2.45, 2.75) is 51.2 Å². The van der Waals surface area contributed by atoms with E-state index in [1.165, 1.54) is 13.3 Å². The molecule has 1 saturated carbocycles. The number of carbonyl (C=O) groups excluding carboxylic acids is 3. The van der Waals surface area contributed by atoms with Gasteiger partial charge in [0, 0.05) is 6.04 Å². The number of rotatable bonds is 5. The summed E-state index contributed by atoms with van der Waals surface area (Å²) in [6, 6.07) is 16.3. The number of urea groups is 1. The molecule has 0 saturated heterocycles. The van der Waals surface area contributed by atoms with Crippen LogP contribution >= 0.6 is 0 Å². The zero-order valence-corrected chi connectivity index (χ0v) is 16.5. The van der Waals surface area contributed by atoms with E-state index in [-0.39, 0.29) is 6.04 Å². The molecule has 6 heteroatoms. The Morgan fingerprint density at radius 1 is 0.897 bits per heavy atom. The van der Waals surface area contributed by atoms with Crippen molar-refractivity contribution in [3.63, 3.8) is 0 Å². The lowest BCUT2D eigenvalue weighted by molar-refractivity contribution is -0.127. The first-order valence-corrected chi connectivity index (χ1v) is 10.0. The molecule has 3 rings (SSSR count). The van der Waals surface area contributed by atoms with Crippen LogP contribution in [0.2, 0.25) is 0 Å². The molecule has 0 unspecified atom stereocenters. The minimum absolute atomic E-state index is 0.0949. The number of esters is 1. The Morgan fingerprint density at radius 2 is 1.52 bits per heavy atom. The van der Waals surface area contributed by atoms with Crippen molar-refractivity contribution in [3.8, 4) is 11.1 Å². The number of hydrogen-bond donors (Lipinski definition) is 2. The van der Waals surface area contributed by atoms with Crippen LogP contribution in [-0.2, 0) is 9.53 Å². The number of amides is 3. The molecule has 0 bridgehead atoms. The monoisotopic (exact) mass is 394 g/mol. The van der Waals surface area contributed by atoms with Crippen molar-refractivity contribution in [1.29, 1.82) is 0 Å². The van der Waals surface area contributed by atoms with E-state index in [0.29, 0.717) is 5.56 Å². The zero-order valence-electron chi connectivity index (χ0n) is 16.5. The highest BCUT2D eigenvalue weighted by atomic mass is 16.5. The molecule has 0 radical (unpaired) electrons. The minimum Gasteiger partial charge on any atom is -0.449 e. The molecule has 0 spiro atoms. The van der Waals surface area contributed by atoms with Crippen molar-refractivity contribution >= 4 is 17.9 Å². The van der Waals surface area contributed by atoms with Gasteiger partial charge in [-0.1, -0.05) is 61.7 Å². The van der Waals surface area contributed by atoms with Gasteiger partial charge in [0.1, 0.15) is 0 Å². The first-order valence-electron chi connectivity index (χ1n) is 10.0. The van der Waals surface area contributed by atoms with Crippen LogP contribution in [0.3, 0.4) is 0 Å². The van der Waals surface area contributed by atoms with Crippen LogP contribution in [-0.4, -0.2) is 30.1 Å². The maximum absolute atomic E-state index is 12.3. The lowest BCUT2D eigenvalue weighted by atomic mass is 9.96. The van der Waals surface area contributed by atoms with Crippen molar-refractivity contribution in [2.75, 3.05) is 0 Å². The van der Waals surface area contributed by atoms with Gasteiger partial charge in [0.2, 0.25) is 0 Å². The van der Waals surface area contributed by atoms with Crippen molar-refractivity contribution in [2.24, 2.45) is 0 Å². The van der Waals surface area contributed by atoms with E-state index in [9.17, 15) is 14.4 Å². The van der Waals surface area contributed by atoms with E-state index < -0.39 is 24.0 Å². The average molecular weight is 394 g/mol. The second-order valence-electron chi connectivity index (χ2n) is 7.29. The fourth-order valence-corrected chi connectivity index (χ4v) is 3.39. The van der Waals surface area contributed by atoms with Crippen molar-refractivity contribution in [3.05, 3.63) is 60.2 Å².